The Morgan fingerprint density at radius 3 is 2.22 bits per heavy atom. The van der Waals surface area contributed by atoms with Gasteiger partial charge in [-0.25, -0.2) is 0 Å². The van der Waals surface area contributed by atoms with Gasteiger partial charge in [-0.05, 0) is 49.9 Å². The van der Waals surface area contributed by atoms with E-state index in [9.17, 15) is 0 Å². The smallest absolute Gasteiger partial charge is 0.119 e. The minimum atomic E-state index is 0.166. The van der Waals surface area contributed by atoms with Crippen molar-refractivity contribution in [1.82, 2.24) is 0 Å². The SMILES string of the molecule is CCOc1ccc(OCC(N)C2CCCC2)cc1. The van der Waals surface area contributed by atoms with Crippen molar-refractivity contribution >= 4 is 0 Å². The molecule has 18 heavy (non-hydrogen) atoms. The van der Waals surface area contributed by atoms with Crippen LogP contribution in [0.2, 0.25) is 0 Å². The van der Waals surface area contributed by atoms with Crippen LogP contribution in [0.25, 0.3) is 0 Å². The van der Waals surface area contributed by atoms with E-state index in [4.69, 9.17) is 15.2 Å². The summed E-state index contributed by atoms with van der Waals surface area (Å²) in [7, 11) is 0. The van der Waals surface area contributed by atoms with E-state index in [0.29, 0.717) is 19.1 Å². The number of rotatable bonds is 6. The molecule has 0 heterocycles. The van der Waals surface area contributed by atoms with E-state index in [1.54, 1.807) is 0 Å². The molecule has 2 N–H and O–H groups in total. The van der Waals surface area contributed by atoms with Crippen molar-refractivity contribution < 1.29 is 9.47 Å². The van der Waals surface area contributed by atoms with Crippen LogP contribution in [0.1, 0.15) is 32.6 Å². The molecule has 0 spiro atoms. The normalized spacial score (nSPS) is 17.7. The van der Waals surface area contributed by atoms with Gasteiger partial charge in [0.25, 0.3) is 0 Å². The second-order valence-corrected chi connectivity index (χ2v) is 4.92. The molecule has 1 aromatic carbocycles. The van der Waals surface area contributed by atoms with Gasteiger partial charge in [0.15, 0.2) is 0 Å². The highest BCUT2D eigenvalue weighted by atomic mass is 16.5. The molecule has 0 bridgehead atoms. The maximum absolute atomic E-state index is 6.15. The number of ether oxygens (including phenoxy) is 2. The first-order chi connectivity index (χ1) is 8.79. The van der Waals surface area contributed by atoms with E-state index in [1.807, 2.05) is 31.2 Å². The van der Waals surface area contributed by atoms with Crippen molar-refractivity contribution in [2.45, 2.75) is 38.6 Å². The Hall–Kier alpha value is -1.22. The molecule has 0 radical (unpaired) electrons. The van der Waals surface area contributed by atoms with Crippen LogP contribution < -0.4 is 15.2 Å². The van der Waals surface area contributed by atoms with Gasteiger partial charge in [-0.15, -0.1) is 0 Å². The van der Waals surface area contributed by atoms with Crippen LogP contribution in [-0.4, -0.2) is 19.3 Å². The average molecular weight is 249 g/mol. The molecule has 0 saturated heterocycles. The standard InChI is InChI=1S/C15H23NO2/c1-2-17-13-7-9-14(10-8-13)18-11-15(16)12-5-3-4-6-12/h7-10,12,15H,2-6,11,16H2,1H3. The Bertz CT molecular complexity index is 344. The lowest BCUT2D eigenvalue weighted by atomic mass is 10.00. The Morgan fingerprint density at radius 2 is 1.67 bits per heavy atom. The number of benzene rings is 1. The van der Waals surface area contributed by atoms with Gasteiger partial charge >= 0.3 is 0 Å². The molecule has 2 rings (SSSR count). The second kappa shape index (κ2) is 6.64. The summed E-state index contributed by atoms with van der Waals surface area (Å²) in [5.74, 6) is 2.39. The van der Waals surface area contributed by atoms with E-state index in [-0.39, 0.29) is 6.04 Å². The third-order valence-electron chi connectivity index (χ3n) is 3.58. The van der Waals surface area contributed by atoms with E-state index in [2.05, 4.69) is 0 Å². The zero-order valence-corrected chi connectivity index (χ0v) is 11.1. The summed E-state index contributed by atoms with van der Waals surface area (Å²) in [5.41, 5.74) is 6.15. The lowest BCUT2D eigenvalue weighted by Crippen LogP contribution is -2.34. The first-order valence-electron chi connectivity index (χ1n) is 6.91. The summed E-state index contributed by atoms with van der Waals surface area (Å²) in [5, 5.41) is 0. The minimum Gasteiger partial charge on any atom is -0.494 e. The van der Waals surface area contributed by atoms with Gasteiger partial charge in [-0.2, -0.15) is 0 Å². The zero-order chi connectivity index (χ0) is 12.8. The Labute approximate surface area is 109 Å². The molecule has 1 unspecified atom stereocenters. The molecule has 1 aromatic rings. The van der Waals surface area contributed by atoms with Crippen molar-refractivity contribution in [2.75, 3.05) is 13.2 Å². The maximum Gasteiger partial charge on any atom is 0.119 e. The van der Waals surface area contributed by atoms with E-state index in [1.165, 1.54) is 25.7 Å². The molecule has 1 aliphatic rings. The number of hydrogen-bond acceptors (Lipinski definition) is 3. The predicted octanol–water partition coefficient (Wildman–Crippen LogP) is 2.98. The fourth-order valence-electron chi connectivity index (χ4n) is 2.51. The van der Waals surface area contributed by atoms with Crippen molar-refractivity contribution in [3.63, 3.8) is 0 Å². The summed E-state index contributed by atoms with van der Waals surface area (Å²) in [4.78, 5) is 0. The molecule has 0 aliphatic heterocycles. The van der Waals surface area contributed by atoms with Crippen LogP contribution >= 0.6 is 0 Å². The topological polar surface area (TPSA) is 44.5 Å². The van der Waals surface area contributed by atoms with Gasteiger partial charge in [0.05, 0.1) is 6.61 Å². The van der Waals surface area contributed by atoms with Gasteiger partial charge in [0.2, 0.25) is 0 Å². The Morgan fingerprint density at radius 1 is 1.11 bits per heavy atom. The highest BCUT2D eigenvalue weighted by molar-refractivity contribution is 5.31. The predicted molar refractivity (Wildman–Crippen MR) is 73.0 cm³/mol. The quantitative estimate of drug-likeness (QED) is 0.843. The second-order valence-electron chi connectivity index (χ2n) is 4.92. The largest absolute Gasteiger partial charge is 0.494 e. The molecule has 0 amide bonds. The van der Waals surface area contributed by atoms with Crippen LogP contribution in [0, 0.1) is 5.92 Å². The third kappa shape index (κ3) is 3.64. The van der Waals surface area contributed by atoms with Crippen LogP contribution in [0.4, 0.5) is 0 Å². The van der Waals surface area contributed by atoms with Gasteiger partial charge in [-0.1, -0.05) is 12.8 Å². The molecule has 100 valence electrons. The number of nitrogens with two attached hydrogens (primary N) is 1. The molecule has 1 fully saturated rings. The maximum atomic E-state index is 6.15. The first kappa shape index (κ1) is 13.2. The third-order valence-corrected chi connectivity index (χ3v) is 3.58. The molecule has 0 aromatic heterocycles. The average Bonchev–Trinajstić information content (AvgIpc) is 2.92. The number of hydrogen-bond donors (Lipinski definition) is 1. The summed E-state index contributed by atoms with van der Waals surface area (Å²) in [6.45, 7) is 3.27. The lowest BCUT2D eigenvalue weighted by Gasteiger charge is -2.19. The van der Waals surface area contributed by atoms with Crippen LogP contribution in [0.5, 0.6) is 11.5 Å². The highest BCUT2D eigenvalue weighted by Crippen LogP contribution is 2.27. The van der Waals surface area contributed by atoms with Crippen molar-refractivity contribution in [3.8, 4) is 11.5 Å². The lowest BCUT2D eigenvalue weighted by molar-refractivity contribution is 0.247. The first-order valence-corrected chi connectivity index (χ1v) is 6.91. The highest BCUT2D eigenvalue weighted by Gasteiger charge is 2.22. The van der Waals surface area contributed by atoms with E-state index < -0.39 is 0 Å². The van der Waals surface area contributed by atoms with Gasteiger partial charge in [0.1, 0.15) is 18.1 Å². The van der Waals surface area contributed by atoms with Crippen molar-refractivity contribution in [2.24, 2.45) is 11.7 Å². The fourth-order valence-corrected chi connectivity index (χ4v) is 2.51. The van der Waals surface area contributed by atoms with Gasteiger partial charge in [-0.3, -0.25) is 0 Å². The Balaban J connectivity index is 1.78. The van der Waals surface area contributed by atoms with E-state index in [0.717, 1.165) is 11.5 Å². The van der Waals surface area contributed by atoms with Crippen LogP contribution in [-0.2, 0) is 0 Å². The summed E-state index contributed by atoms with van der Waals surface area (Å²) >= 11 is 0. The Kier molecular flexibility index (Phi) is 4.88. The van der Waals surface area contributed by atoms with Crippen molar-refractivity contribution in [1.29, 1.82) is 0 Å². The summed E-state index contributed by atoms with van der Waals surface area (Å²) in [6, 6.07) is 7.90. The molecule has 1 aliphatic carbocycles. The summed E-state index contributed by atoms with van der Waals surface area (Å²) < 4.78 is 11.1. The molecule has 1 saturated carbocycles. The monoisotopic (exact) mass is 249 g/mol. The molecular formula is C15H23NO2. The van der Waals surface area contributed by atoms with Crippen molar-refractivity contribution in [3.05, 3.63) is 24.3 Å². The zero-order valence-electron chi connectivity index (χ0n) is 11.1. The van der Waals surface area contributed by atoms with Gasteiger partial charge in [0, 0.05) is 6.04 Å². The van der Waals surface area contributed by atoms with Crippen LogP contribution in [0.3, 0.4) is 0 Å². The van der Waals surface area contributed by atoms with E-state index >= 15 is 0 Å². The summed E-state index contributed by atoms with van der Waals surface area (Å²) in [6.07, 6.45) is 5.16. The molecule has 1 atom stereocenters. The molecule has 3 nitrogen and oxygen atoms in total. The minimum absolute atomic E-state index is 0.166. The molecule has 3 heteroatoms. The van der Waals surface area contributed by atoms with Gasteiger partial charge < -0.3 is 15.2 Å². The molecular weight excluding hydrogens is 226 g/mol. The fraction of sp³-hybridized carbons (Fsp3) is 0.600. The van der Waals surface area contributed by atoms with Crippen LogP contribution in [0.15, 0.2) is 24.3 Å².